The van der Waals surface area contributed by atoms with Gasteiger partial charge in [0.25, 0.3) is 0 Å². The van der Waals surface area contributed by atoms with Gasteiger partial charge in [0.2, 0.25) is 0 Å². The SMILES string of the molecule is C=C(O)N(CCC[Si](OC)(OC)OC)C(=C)O. The highest BCUT2D eigenvalue weighted by atomic mass is 28.4. The van der Waals surface area contributed by atoms with Gasteiger partial charge in [-0.05, 0) is 19.6 Å². The molecule has 0 saturated carbocycles. The van der Waals surface area contributed by atoms with Crippen LogP contribution in [0.4, 0.5) is 0 Å². The Balaban J connectivity index is 4.28. The highest BCUT2D eigenvalue weighted by Gasteiger charge is 2.37. The van der Waals surface area contributed by atoms with Crippen LogP contribution in [0.1, 0.15) is 6.42 Å². The van der Waals surface area contributed by atoms with E-state index in [1.54, 1.807) is 0 Å². The number of rotatable bonds is 9. The Morgan fingerprint density at radius 2 is 1.47 bits per heavy atom. The summed E-state index contributed by atoms with van der Waals surface area (Å²) in [6, 6.07) is 0.563. The maximum absolute atomic E-state index is 9.21. The van der Waals surface area contributed by atoms with Crippen LogP contribution in [-0.4, -0.2) is 51.8 Å². The summed E-state index contributed by atoms with van der Waals surface area (Å²) < 4.78 is 15.7. The van der Waals surface area contributed by atoms with E-state index in [4.69, 9.17) is 13.3 Å². The van der Waals surface area contributed by atoms with E-state index in [2.05, 4.69) is 13.2 Å². The third-order valence-electron chi connectivity index (χ3n) is 2.42. The molecular formula is C10H21NO5Si. The molecule has 17 heavy (non-hydrogen) atoms. The molecule has 0 amide bonds. The molecule has 7 heteroatoms. The second-order valence-corrected chi connectivity index (χ2v) is 6.47. The zero-order valence-electron chi connectivity index (χ0n) is 10.6. The largest absolute Gasteiger partial charge is 0.500 e. The van der Waals surface area contributed by atoms with Crippen molar-refractivity contribution in [2.45, 2.75) is 12.5 Å². The van der Waals surface area contributed by atoms with E-state index in [9.17, 15) is 10.2 Å². The first-order chi connectivity index (χ1) is 7.92. The first-order valence-corrected chi connectivity index (χ1v) is 7.04. The zero-order chi connectivity index (χ0) is 13.5. The fraction of sp³-hybridized carbons (Fsp3) is 0.600. The molecule has 0 spiro atoms. The lowest BCUT2D eigenvalue weighted by atomic mass is 10.4. The van der Waals surface area contributed by atoms with Crippen LogP contribution in [0.25, 0.3) is 0 Å². The van der Waals surface area contributed by atoms with Crippen LogP contribution < -0.4 is 0 Å². The van der Waals surface area contributed by atoms with E-state index in [0.29, 0.717) is 19.0 Å². The predicted octanol–water partition coefficient (Wildman–Crippen LogP) is 1.61. The molecule has 0 bridgehead atoms. The maximum atomic E-state index is 9.21. The number of nitrogens with zero attached hydrogens (tertiary/aromatic N) is 1. The lowest BCUT2D eigenvalue weighted by molar-refractivity contribution is 0.119. The summed E-state index contributed by atoms with van der Waals surface area (Å²) >= 11 is 0. The predicted molar refractivity (Wildman–Crippen MR) is 66.4 cm³/mol. The molecule has 0 fully saturated rings. The fourth-order valence-corrected chi connectivity index (χ4v) is 3.12. The van der Waals surface area contributed by atoms with Crippen LogP contribution in [0.2, 0.25) is 6.04 Å². The van der Waals surface area contributed by atoms with Crippen molar-refractivity contribution in [3.05, 3.63) is 24.9 Å². The van der Waals surface area contributed by atoms with E-state index < -0.39 is 8.80 Å². The molecule has 0 heterocycles. The normalized spacial score (nSPS) is 11.2. The van der Waals surface area contributed by atoms with Gasteiger partial charge in [0, 0.05) is 33.9 Å². The number of aliphatic hydroxyl groups is 2. The van der Waals surface area contributed by atoms with Crippen molar-refractivity contribution < 1.29 is 23.5 Å². The maximum Gasteiger partial charge on any atom is 0.500 e. The van der Waals surface area contributed by atoms with Gasteiger partial charge in [0.05, 0.1) is 0 Å². The first kappa shape index (κ1) is 16.0. The molecule has 0 radical (unpaired) electrons. The molecular weight excluding hydrogens is 242 g/mol. The topological polar surface area (TPSA) is 71.4 Å². The molecule has 0 aliphatic rings. The van der Waals surface area contributed by atoms with Gasteiger partial charge in [-0.2, -0.15) is 0 Å². The second-order valence-electron chi connectivity index (χ2n) is 3.38. The number of hydrogen-bond acceptors (Lipinski definition) is 6. The van der Waals surface area contributed by atoms with Crippen molar-refractivity contribution in [3.63, 3.8) is 0 Å². The summed E-state index contributed by atoms with van der Waals surface area (Å²) in [4.78, 5) is 1.19. The zero-order valence-corrected chi connectivity index (χ0v) is 11.6. The van der Waals surface area contributed by atoms with Crippen molar-refractivity contribution in [2.24, 2.45) is 0 Å². The molecule has 0 aromatic heterocycles. The highest BCUT2D eigenvalue weighted by molar-refractivity contribution is 6.60. The number of hydrogen-bond donors (Lipinski definition) is 2. The average Bonchev–Trinajstić information content (AvgIpc) is 2.29. The summed E-state index contributed by atoms with van der Waals surface area (Å²) in [7, 11) is 2.00. The smallest absolute Gasteiger partial charge is 0.495 e. The summed E-state index contributed by atoms with van der Waals surface area (Å²) in [5.74, 6) is -0.506. The first-order valence-electron chi connectivity index (χ1n) is 5.11. The van der Waals surface area contributed by atoms with Crippen LogP contribution in [0.3, 0.4) is 0 Å². The monoisotopic (exact) mass is 263 g/mol. The summed E-state index contributed by atoms with van der Waals surface area (Å²) in [5, 5.41) is 18.4. The molecule has 0 atom stereocenters. The van der Waals surface area contributed by atoms with Gasteiger partial charge in [0.1, 0.15) is 0 Å². The van der Waals surface area contributed by atoms with Crippen LogP contribution >= 0.6 is 0 Å². The summed E-state index contributed by atoms with van der Waals surface area (Å²) in [6.07, 6.45) is 0.598. The molecule has 0 saturated heterocycles. The Labute approximate surface area is 103 Å². The molecule has 0 rings (SSSR count). The van der Waals surface area contributed by atoms with Crippen molar-refractivity contribution in [1.82, 2.24) is 4.90 Å². The van der Waals surface area contributed by atoms with Crippen LogP contribution in [0.15, 0.2) is 24.9 Å². The van der Waals surface area contributed by atoms with E-state index in [1.165, 1.54) is 26.2 Å². The van der Waals surface area contributed by atoms with Gasteiger partial charge < -0.3 is 23.5 Å². The Kier molecular flexibility index (Phi) is 6.89. The second kappa shape index (κ2) is 7.33. The van der Waals surface area contributed by atoms with E-state index in [0.717, 1.165) is 0 Å². The Hall–Kier alpha value is -1.02. The minimum atomic E-state index is -2.60. The quantitative estimate of drug-likeness (QED) is 0.486. The molecule has 100 valence electrons. The van der Waals surface area contributed by atoms with Crippen LogP contribution in [-0.2, 0) is 13.3 Å². The molecule has 0 aliphatic heterocycles. The van der Waals surface area contributed by atoms with Gasteiger partial charge in [-0.1, -0.05) is 0 Å². The minimum Gasteiger partial charge on any atom is -0.495 e. The fourth-order valence-electron chi connectivity index (χ4n) is 1.42. The van der Waals surface area contributed by atoms with E-state index in [-0.39, 0.29) is 11.8 Å². The molecule has 0 unspecified atom stereocenters. The summed E-state index contributed by atoms with van der Waals surface area (Å²) in [6.45, 7) is 7.02. The Morgan fingerprint density at radius 1 is 1.06 bits per heavy atom. The van der Waals surface area contributed by atoms with Gasteiger partial charge in [-0.25, -0.2) is 0 Å². The molecule has 2 N–H and O–H groups in total. The van der Waals surface area contributed by atoms with Gasteiger partial charge in [-0.3, -0.25) is 4.90 Å². The lowest BCUT2D eigenvalue weighted by Crippen LogP contribution is -2.43. The van der Waals surface area contributed by atoms with Gasteiger partial charge in [-0.15, -0.1) is 0 Å². The number of aliphatic hydroxyl groups excluding tert-OH is 2. The standard InChI is InChI=1S/C10H21NO5Si/c1-9(12)11(10(2)13)7-6-8-17(14-3,15-4)16-5/h12-13H,1-2,6-8H2,3-5H3. The van der Waals surface area contributed by atoms with E-state index >= 15 is 0 Å². The van der Waals surface area contributed by atoms with E-state index in [1.807, 2.05) is 0 Å². The summed E-state index contributed by atoms with van der Waals surface area (Å²) in [5.41, 5.74) is 0. The molecule has 6 nitrogen and oxygen atoms in total. The molecule has 0 aliphatic carbocycles. The highest BCUT2D eigenvalue weighted by Crippen LogP contribution is 2.16. The molecule has 0 aromatic rings. The van der Waals surface area contributed by atoms with Gasteiger partial charge in [0.15, 0.2) is 11.8 Å². The van der Waals surface area contributed by atoms with Crippen molar-refractivity contribution >= 4 is 8.80 Å². The van der Waals surface area contributed by atoms with Crippen molar-refractivity contribution in [1.29, 1.82) is 0 Å². The Morgan fingerprint density at radius 3 is 1.76 bits per heavy atom. The van der Waals surface area contributed by atoms with Gasteiger partial charge >= 0.3 is 8.80 Å². The third-order valence-corrected chi connectivity index (χ3v) is 5.25. The van der Waals surface area contributed by atoms with Crippen LogP contribution in [0.5, 0.6) is 0 Å². The average molecular weight is 263 g/mol. The minimum absolute atomic E-state index is 0.253. The Bertz CT molecular complexity index is 245. The third kappa shape index (κ3) is 4.78. The lowest BCUT2D eigenvalue weighted by Gasteiger charge is -2.26. The molecule has 0 aromatic carbocycles. The van der Waals surface area contributed by atoms with Crippen molar-refractivity contribution in [2.75, 3.05) is 27.9 Å². The van der Waals surface area contributed by atoms with Crippen molar-refractivity contribution in [3.8, 4) is 0 Å². The van der Waals surface area contributed by atoms with Crippen LogP contribution in [0, 0.1) is 0 Å².